The molecule has 0 aromatic carbocycles. The third-order valence-corrected chi connectivity index (χ3v) is 4.49. The van der Waals surface area contributed by atoms with Crippen LogP contribution < -0.4 is 5.32 Å². The number of hydrogen-bond donors (Lipinski definition) is 1. The number of carbonyl (C=O) groups excluding carboxylic acids is 3. The summed E-state index contributed by atoms with van der Waals surface area (Å²) in [6.45, 7) is -0.291. The Balaban J connectivity index is 1.74. The summed E-state index contributed by atoms with van der Waals surface area (Å²) in [6, 6.07) is 2.55. The van der Waals surface area contributed by atoms with Gasteiger partial charge in [0.05, 0.1) is 11.6 Å². The Morgan fingerprint density at radius 2 is 2.00 bits per heavy atom. The number of ketones is 1. The van der Waals surface area contributed by atoms with Gasteiger partial charge < -0.3 is 5.32 Å². The predicted molar refractivity (Wildman–Crippen MR) is 79.6 cm³/mol. The SMILES string of the molecule is O=C(CN1C(=O)NC2(CCCCC2)C1=O)c1ccc(Cl)cn1. The normalized spacial score (nSPS) is 20.3. The highest BCUT2D eigenvalue weighted by Gasteiger charge is 2.51. The average molecular weight is 322 g/mol. The Kier molecular flexibility index (Phi) is 3.87. The fraction of sp³-hybridized carbons (Fsp3) is 0.467. The molecule has 3 rings (SSSR count). The molecule has 1 aliphatic heterocycles. The highest BCUT2D eigenvalue weighted by molar-refractivity contribution is 6.30. The number of hydrogen-bond acceptors (Lipinski definition) is 4. The van der Waals surface area contributed by atoms with Crippen molar-refractivity contribution in [3.8, 4) is 0 Å². The first kappa shape index (κ1) is 15.0. The van der Waals surface area contributed by atoms with Gasteiger partial charge in [-0.25, -0.2) is 4.79 Å². The van der Waals surface area contributed by atoms with Gasteiger partial charge in [0.2, 0.25) is 5.78 Å². The molecule has 7 heteroatoms. The molecule has 2 heterocycles. The molecule has 1 aromatic heterocycles. The van der Waals surface area contributed by atoms with Crippen molar-refractivity contribution in [3.05, 3.63) is 29.0 Å². The number of urea groups is 1. The molecule has 0 unspecified atom stereocenters. The Hall–Kier alpha value is -1.95. The van der Waals surface area contributed by atoms with E-state index in [1.165, 1.54) is 12.3 Å². The van der Waals surface area contributed by atoms with Crippen molar-refractivity contribution in [3.63, 3.8) is 0 Å². The van der Waals surface area contributed by atoms with E-state index in [1.807, 2.05) is 0 Å². The Labute approximate surface area is 132 Å². The molecule has 1 saturated heterocycles. The standard InChI is InChI=1S/C15H16ClN3O3/c16-10-4-5-11(17-8-10)12(20)9-19-13(21)15(18-14(19)22)6-2-1-3-7-15/h4-5,8H,1-3,6-7,9H2,(H,18,22). The minimum absolute atomic E-state index is 0.189. The largest absolute Gasteiger partial charge is 0.325 e. The number of carbonyl (C=O) groups is 3. The number of halogens is 1. The zero-order valence-corrected chi connectivity index (χ0v) is 12.7. The quantitative estimate of drug-likeness (QED) is 0.683. The molecule has 6 nitrogen and oxygen atoms in total. The van der Waals surface area contributed by atoms with Crippen LogP contribution >= 0.6 is 11.6 Å². The van der Waals surface area contributed by atoms with Gasteiger partial charge in [0, 0.05) is 6.20 Å². The van der Waals surface area contributed by atoms with Gasteiger partial charge in [-0.2, -0.15) is 0 Å². The zero-order chi connectivity index (χ0) is 15.7. The van der Waals surface area contributed by atoms with Crippen LogP contribution in [0.3, 0.4) is 0 Å². The molecule has 1 aromatic rings. The number of rotatable bonds is 3. The molecule has 22 heavy (non-hydrogen) atoms. The first-order valence-corrected chi connectivity index (χ1v) is 7.68. The number of pyridine rings is 1. The molecule has 1 N–H and O–H groups in total. The van der Waals surface area contributed by atoms with Gasteiger partial charge in [0.15, 0.2) is 0 Å². The van der Waals surface area contributed by atoms with Crippen LogP contribution in [0, 0.1) is 0 Å². The van der Waals surface area contributed by atoms with Crippen molar-refractivity contribution in [2.45, 2.75) is 37.6 Å². The van der Waals surface area contributed by atoms with E-state index in [0.29, 0.717) is 17.9 Å². The second-order valence-electron chi connectivity index (χ2n) is 5.75. The monoisotopic (exact) mass is 321 g/mol. The molecule has 116 valence electrons. The Morgan fingerprint density at radius 1 is 1.27 bits per heavy atom. The molecule has 1 aliphatic carbocycles. The molecule has 2 aliphatic rings. The lowest BCUT2D eigenvalue weighted by Gasteiger charge is -2.30. The molecule has 0 bridgehead atoms. The second kappa shape index (κ2) is 5.68. The fourth-order valence-corrected chi connectivity index (χ4v) is 3.19. The lowest BCUT2D eigenvalue weighted by molar-refractivity contribution is -0.132. The molecular weight excluding hydrogens is 306 g/mol. The lowest BCUT2D eigenvalue weighted by Crippen LogP contribution is -2.48. The second-order valence-corrected chi connectivity index (χ2v) is 6.19. The van der Waals surface area contributed by atoms with Crippen molar-refractivity contribution in [2.24, 2.45) is 0 Å². The van der Waals surface area contributed by atoms with E-state index in [2.05, 4.69) is 10.3 Å². The van der Waals surface area contributed by atoms with Crippen LogP contribution in [0.25, 0.3) is 0 Å². The zero-order valence-electron chi connectivity index (χ0n) is 12.0. The summed E-state index contributed by atoms with van der Waals surface area (Å²) < 4.78 is 0. The van der Waals surface area contributed by atoms with E-state index in [1.54, 1.807) is 6.07 Å². The van der Waals surface area contributed by atoms with Gasteiger partial charge in [-0.15, -0.1) is 0 Å². The van der Waals surface area contributed by atoms with Crippen molar-refractivity contribution < 1.29 is 14.4 Å². The molecule has 3 amide bonds. The first-order valence-electron chi connectivity index (χ1n) is 7.31. The van der Waals surface area contributed by atoms with Crippen molar-refractivity contribution in [1.29, 1.82) is 0 Å². The van der Waals surface area contributed by atoms with Gasteiger partial charge in [-0.1, -0.05) is 30.9 Å². The number of nitrogens with zero attached hydrogens (tertiary/aromatic N) is 2. The van der Waals surface area contributed by atoms with Gasteiger partial charge >= 0.3 is 6.03 Å². The maximum absolute atomic E-state index is 12.6. The summed E-state index contributed by atoms with van der Waals surface area (Å²) in [5.74, 6) is -0.674. The number of amides is 3. The van der Waals surface area contributed by atoms with Crippen molar-refractivity contribution >= 4 is 29.3 Å². The maximum atomic E-state index is 12.6. The van der Waals surface area contributed by atoms with Crippen LogP contribution in [0.4, 0.5) is 4.79 Å². The molecule has 1 spiro atoms. The average Bonchev–Trinajstić information content (AvgIpc) is 2.73. The molecule has 0 radical (unpaired) electrons. The van der Waals surface area contributed by atoms with Gasteiger partial charge in [0.1, 0.15) is 11.2 Å². The molecule has 2 fully saturated rings. The third kappa shape index (κ3) is 2.59. The van der Waals surface area contributed by atoms with Crippen molar-refractivity contribution in [1.82, 2.24) is 15.2 Å². The minimum Gasteiger partial charge on any atom is -0.323 e. The number of aromatic nitrogens is 1. The third-order valence-electron chi connectivity index (χ3n) is 4.27. The summed E-state index contributed by atoms with van der Waals surface area (Å²) in [5, 5.41) is 3.20. The summed E-state index contributed by atoms with van der Waals surface area (Å²) in [7, 11) is 0. The smallest absolute Gasteiger partial charge is 0.323 e. The van der Waals surface area contributed by atoms with Crippen LogP contribution in [0.1, 0.15) is 42.6 Å². The summed E-state index contributed by atoms with van der Waals surface area (Å²) in [6.07, 6.45) is 5.53. The number of nitrogens with one attached hydrogen (secondary N) is 1. The Morgan fingerprint density at radius 3 is 2.64 bits per heavy atom. The van der Waals surface area contributed by atoms with Crippen LogP contribution in [0.5, 0.6) is 0 Å². The van der Waals surface area contributed by atoms with Crippen LogP contribution in [-0.4, -0.2) is 39.7 Å². The topological polar surface area (TPSA) is 79.4 Å². The molecule has 1 saturated carbocycles. The highest BCUT2D eigenvalue weighted by Crippen LogP contribution is 2.33. The summed E-state index contributed by atoms with van der Waals surface area (Å²) >= 11 is 5.73. The van der Waals surface area contributed by atoms with E-state index in [4.69, 9.17) is 11.6 Å². The molecule has 0 atom stereocenters. The van der Waals surface area contributed by atoms with E-state index in [9.17, 15) is 14.4 Å². The predicted octanol–water partition coefficient (Wildman–Crippen LogP) is 2.17. The molecular formula is C15H16ClN3O3. The maximum Gasteiger partial charge on any atom is 0.325 e. The van der Waals surface area contributed by atoms with Crippen molar-refractivity contribution in [2.75, 3.05) is 6.54 Å². The summed E-state index contributed by atoms with van der Waals surface area (Å²) in [5.41, 5.74) is -0.613. The number of imide groups is 1. The van der Waals surface area contributed by atoms with E-state index < -0.39 is 11.6 Å². The van der Waals surface area contributed by atoms with E-state index in [0.717, 1.165) is 24.2 Å². The van der Waals surface area contributed by atoms with Crippen LogP contribution in [-0.2, 0) is 4.79 Å². The van der Waals surface area contributed by atoms with E-state index in [-0.39, 0.29) is 23.9 Å². The first-order chi connectivity index (χ1) is 10.5. The van der Waals surface area contributed by atoms with Gasteiger partial charge in [-0.05, 0) is 25.0 Å². The highest BCUT2D eigenvalue weighted by atomic mass is 35.5. The Bertz CT molecular complexity index is 623. The van der Waals surface area contributed by atoms with Crippen LogP contribution in [0.15, 0.2) is 18.3 Å². The minimum atomic E-state index is -0.803. The summed E-state index contributed by atoms with van der Waals surface area (Å²) in [4.78, 5) is 41.8. The van der Waals surface area contributed by atoms with Gasteiger partial charge in [-0.3, -0.25) is 19.5 Å². The lowest BCUT2D eigenvalue weighted by atomic mass is 9.82. The van der Waals surface area contributed by atoms with Gasteiger partial charge in [0.25, 0.3) is 5.91 Å². The van der Waals surface area contributed by atoms with E-state index >= 15 is 0 Å². The van der Waals surface area contributed by atoms with Crippen LogP contribution in [0.2, 0.25) is 5.02 Å². The number of Topliss-reactive ketones (excluding diaryl/α,β-unsaturated/α-hetero) is 1. The fourth-order valence-electron chi connectivity index (χ4n) is 3.08.